The molecule has 2 rings (SSSR count). The van der Waals surface area contributed by atoms with Crippen molar-refractivity contribution in [2.24, 2.45) is 4.99 Å². The Morgan fingerprint density at radius 3 is 2.38 bits per heavy atom. The Morgan fingerprint density at radius 2 is 1.69 bits per heavy atom. The van der Waals surface area contributed by atoms with Crippen molar-refractivity contribution in [1.29, 1.82) is 0 Å². The number of para-hydroxylation sites is 2. The third-order valence-electron chi connectivity index (χ3n) is 2.16. The van der Waals surface area contributed by atoms with Gasteiger partial charge in [0.1, 0.15) is 5.82 Å². The number of halogens is 1. The number of anilines is 1. The van der Waals surface area contributed by atoms with Crippen LogP contribution in [0.5, 0.6) is 0 Å². The van der Waals surface area contributed by atoms with Gasteiger partial charge in [-0.2, -0.15) is 0 Å². The van der Waals surface area contributed by atoms with E-state index in [0.717, 1.165) is 5.56 Å². The van der Waals surface area contributed by atoms with Gasteiger partial charge in [-0.05, 0) is 29.8 Å². The summed E-state index contributed by atoms with van der Waals surface area (Å²) in [5.41, 5.74) is 7.91. The van der Waals surface area contributed by atoms with Gasteiger partial charge in [0.05, 0.1) is 11.4 Å². The topological polar surface area (TPSA) is 38.4 Å². The third-order valence-corrected chi connectivity index (χ3v) is 2.16. The summed E-state index contributed by atoms with van der Waals surface area (Å²) in [7, 11) is 0. The van der Waals surface area contributed by atoms with E-state index in [0.29, 0.717) is 11.4 Å². The van der Waals surface area contributed by atoms with Gasteiger partial charge < -0.3 is 5.73 Å². The Bertz CT molecular complexity index is 504. The molecule has 0 spiro atoms. The Labute approximate surface area is 93.3 Å². The number of hydrogen-bond acceptors (Lipinski definition) is 2. The molecule has 0 fully saturated rings. The maximum atomic E-state index is 12.6. The van der Waals surface area contributed by atoms with E-state index < -0.39 is 0 Å². The standard InChI is InChI=1S/C13H11FN2/c14-11-7-5-10(6-8-11)9-16-13-4-2-1-3-12(13)15/h1-9H,15H2. The second-order valence-corrected chi connectivity index (χ2v) is 3.37. The summed E-state index contributed by atoms with van der Waals surface area (Å²) in [6.07, 6.45) is 1.66. The van der Waals surface area contributed by atoms with Crippen LogP contribution in [0.1, 0.15) is 5.56 Å². The maximum absolute atomic E-state index is 12.6. The highest BCUT2D eigenvalue weighted by Gasteiger charge is 1.93. The molecule has 16 heavy (non-hydrogen) atoms. The first-order valence-corrected chi connectivity index (χ1v) is 4.90. The van der Waals surface area contributed by atoms with Crippen LogP contribution in [0.3, 0.4) is 0 Å². The molecule has 2 aromatic rings. The number of benzene rings is 2. The van der Waals surface area contributed by atoms with E-state index >= 15 is 0 Å². The zero-order valence-electron chi connectivity index (χ0n) is 8.60. The lowest BCUT2D eigenvalue weighted by Gasteiger charge is -1.98. The lowest BCUT2D eigenvalue weighted by atomic mass is 10.2. The molecule has 0 saturated heterocycles. The Morgan fingerprint density at radius 1 is 1.00 bits per heavy atom. The molecule has 2 nitrogen and oxygen atoms in total. The van der Waals surface area contributed by atoms with Gasteiger partial charge in [0.15, 0.2) is 0 Å². The average molecular weight is 214 g/mol. The summed E-state index contributed by atoms with van der Waals surface area (Å²) in [5.74, 6) is -0.253. The van der Waals surface area contributed by atoms with Crippen molar-refractivity contribution in [3.63, 3.8) is 0 Å². The number of rotatable bonds is 2. The summed E-state index contributed by atoms with van der Waals surface area (Å²) in [6, 6.07) is 13.5. The summed E-state index contributed by atoms with van der Waals surface area (Å²) in [4.78, 5) is 4.23. The summed E-state index contributed by atoms with van der Waals surface area (Å²) in [6.45, 7) is 0. The first kappa shape index (κ1) is 10.4. The SMILES string of the molecule is Nc1ccccc1N=Cc1ccc(F)cc1. The van der Waals surface area contributed by atoms with E-state index in [9.17, 15) is 4.39 Å². The fourth-order valence-corrected chi connectivity index (χ4v) is 1.30. The van der Waals surface area contributed by atoms with Gasteiger partial charge in [-0.3, -0.25) is 4.99 Å². The van der Waals surface area contributed by atoms with Crippen LogP contribution in [0.25, 0.3) is 0 Å². The largest absolute Gasteiger partial charge is 0.397 e. The normalized spacial score (nSPS) is 10.8. The van der Waals surface area contributed by atoms with Crippen LogP contribution in [0.2, 0.25) is 0 Å². The molecular weight excluding hydrogens is 203 g/mol. The molecule has 0 heterocycles. The second-order valence-electron chi connectivity index (χ2n) is 3.37. The van der Waals surface area contributed by atoms with Gasteiger partial charge in [0.25, 0.3) is 0 Å². The van der Waals surface area contributed by atoms with Crippen molar-refractivity contribution in [3.8, 4) is 0 Å². The lowest BCUT2D eigenvalue weighted by Crippen LogP contribution is -1.85. The Kier molecular flexibility index (Phi) is 2.96. The molecule has 0 aliphatic carbocycles. The molecule has 0 bridgehead atoms. The first-order chi connectivity index (χ1) is 7.75. The minimum absolute atomic E-state index is 0.253. The van der Waals surface area contributed by atoms with Crippen molar-refractivity contribution in [2.75, 3.05) is 5.73 Å². The minimum atomic E-state index is -0.253. The average Bonchev–Trinajstić information content (AvgIpc) is 2.30. The molecule has 0 radical (unpaired) electrons. The van der Waals surface area contributed by atoms with E-state index in [4.69, 9.17) is 5.73 Å². The summed E-state index contributed by atoms with van der Waals surface area (Å²) >= 11 is 0. The molecule has 80 valence electrons. The molecule has 0 aromatic heterocycles. The van der Waals surface area contributed by atoms with Gasteiger partial charge in [-0.15, -0.1) is 0 Å². The van der Waals surface area contributed by atoms with Crippen LogP contribution in [0.15, 0.2) is 53.5 Å². The third kappa shape index (κ3) is 2.45. The Hall–Kier alpha value is -2.16. The first-order valence-electron chi connectivity index (χ1n) is 4.90. The van der Waals surface area contributed by atoms with Crippen LogP contribution in [-0.4, -0.2) is 6.21 Å². The molecule has 0 saturated carbocycles. The highest BCUT2D eigenvalue weighted by atomic mass is 19.1. The molecule has 2 N–H and O–H groups in total. The minimum Gasteiger partial charge on any atom is -0.397 e. The van der Waals surface area contributed by atoms with E-state index in [2.05, 4.69) is 4.99 Å². The highest BCUT2D eigenvalue weighted by molar-refractivity contribution is 5.83. The molecule has 0 aliphatic rings. The molecule has 0 atom stereocenters. The van der Waals surface area contributed by atoms with Crippen molar-refractivity contribution >= 4 is 17.6 Å². The molecule has 3 heteroatoms. The van der Waals surface area contributed by atoms with Crippen LogP contribution in [0.4, 0.5) is 15.8 Å². The van der Waals surface area contributed by atoms with E-state index in [1.807, 2.05) is 18.2 Å². The van der Waals surface area contributed by atoms with Crippen molar-refractivity contribution in [1.82, 2.24) is 0 Å². The predicted octanol–water partition coefficient (Wildman–Crippen LogP) is 3.16. The smallest absolute Gasteiger partial charge is 0.123 e. The number of nitrogen functional groups attached to an aromatic ring is 1. The fourth-order valence-electron chi connectivity index (χ4n) is 1.30. The van der Waals surface area contributed by atoms with E-state index in [1.165, 1.54) is 12.1 Å². The molecule has 0 amide bonds. The molecular formula is C13H11FN2. The van der Waals surface area contributed by atoms with Crippen LogP contribution < -0.4 is 5.73 Å². The molecule has 0 unspecified atom stereocenters. The van der Waals surface area contributed by atoms with Gasteiger partial charge in [-0.25, -0.2) is 4.39 Å². The van der Waals surface area contributed by atoms with Gasteiger partial charge in [-0.1, -0.05) is 24.3 Å². The number of nitrogens with zero attached hydrogens (tertiary/aromatic N) is 1. The zero-order valence-corrected chi connectivity index (χ0v) is 8.60. The number of hydrogen-bond donors (Lipinski definition) is 1. The maximum Gasteiger partial charge on any atom is 0.123 e. The summed E-state index contributed by atoms with van der Waals surface area (Å²) in [5, 5.41) is 0. The fraction of sp³-hybridized carbons (Fsp3) is 0. The van der Waals surface area contributed by atoms with Gasteiger partial charge in [0, 0.05) is 6.21 Å². The number of aliphatic imine (C=N–C) groups is 1. The lowest BCUT2D eigenvalue weighted by molar-refractivity contribution is 0.628. The molecule has 2 aromatic carbocycles. The van der Waals surface area contributed by atoms with E-state index in [-0.39, 0.29) is 5.82 Å². The van der Waals surface area contributed by atoms with Crippen molar-refractivity contribution < 1.29 is 4.39 Å². The van der Waals surface area contributed by atoms with Crippen LogP contribution in [-0.2, 0) is 0 Å². The molecule has 0 aliphatic heterocycles. The monoisotopic (exact) mass is 214 g/mol. The van der Waals surface area contributed by atoms with Crippen molar-refractivity contribution in [2.45, 2.75) is 0 Å². The van der Waals surface area contributed by atoms with Crippen LogP contribution >= 0.6 is 0 Å². The van der Waals surface area contributed by atoms with Gasteiger partial charge in [0.2, 0.25) is 0 Å². The van der Waals surface area contributed by atoms with Gasteiger partial charge >= 0.3 is 0 Å². The Balaban J connectivity index is 2.21. The number of nitrogens with two attached hydrogens (primary N) is 1. The highest BCUT2D eigenvalue weighted by Crippen LogP contribution is 2.20. The predicted molar refractivity (Wildman–Crippen MR) is 64.5 cm³/mol. The zero-order chi connectivity index (χ0) is 11.4. The van der Waals surface area contributed by atoms with Crippen molar-refractivity contribution in [3.05, 3.63) is 59.9 Å². The summed E-state index contributed by atoms with van der Waals surface area (Å²) < 4.78 is 12.6. The van der Waals surface area contributed by atoms with Crippen LogP contribution in [0, 0.1) is 5.82 Å². The quantitative estimate of drug-likeness (QED) is 0.605. The second kappa shape index (κ2) is 4.57. The van der Waals surface area contributed by atoms with E-state index in [1.54, 1.807) is 24.4 Å².